The smallest absolute Gasteiger partial charge is 0.0417 e. The first-order chi connectivity index (χ1) is 9.22. The monoisotopic (exact) mass is 259 g/mol. The lowest BCUT2D eigenvalue weighted by Gasteiger charge is -2.45. The van der Waals surface area contributed by atoms with E-state index in [1.54, 1.807) is 0 Å². The normalized spacial score (nSPS) is 29.7. The average molecular weight is 259 g/mol. The van der Waals surface area contributed by atoms with E-state index in [0.717, 1.165) is 12.5 Å². The Morgan fingerprint density at radius 3 is 2.58 bits per heavy atom. The van der Waals surface area contributed by atoms with Crippen LogP contribution in [0.3, 0.4) is 0 Å². The molecule has 1 unspecified atom stereocenters. The molecule has 1 N–H and O–H groups in total. The van der Waals surface area contributed by atoms with Crippen molar-refractivity contribution in [2.24, 2.45) is 5.92 Å². The van der Waals surface area contributed by atoms with Crippen molar-refractivity contribution >= 4 is 5.69 Å². The van der Waals surface area contributed by atoms with E-state index in [2.05, 4.69) is 53.5 Å². The van der Waals surface area contributed by atoms with Gasteiger partial charge in [0.15, 0.2) is 0 Å². The van der Waals surface area contributed by atoms with Crippen LogP contribution < -0.4 is 5.32 Å². The maximum absolute atomic E-state index is 3.82. The lowest BCUT2D eigenvalue weighted by atomic mass is 9.84. The number of rotatable bonds is 4. The molecule has 3 heteroatoms. The zero-order chi connectivity index (χ0) is 13.2. The summed E-state index contributed by atoms with van der Waals surface area (Å²) in [4.78, 5) is 4.84. The molecule has 104 valence electrons. The third-order valence-electron chi connectivity index (χ3n) is 4.50. The van der Waals surface area contributed by atoms with Crippen LogP contribution in [0.2, 0.25) is 0 Å². The SMILES string of the molecule is CN(C)Cc1ccccc1NC1CN2CCC1CC2. The molecule has 1 aromatic rings. The van der Waals surface area contributed by atoms with Gasteiger partial charge >= 0.3 is 0 Å². The second-order valence-electron chi connectivity index (χ2n) is 6.28. The zero-order valence-electron chi connectivity index (χ0n) is 12.1. The Kier molecular flexibility index (Phi) is 3.76. The van der Waals surface area contributed by atoms with Crippen molar-refractivity contribution in [1.82, 2.24) is 9.80 Å². The summed E-state index contributed by atoms with van der Waals surface area (Å²) in [6, 6.07) is 9.40. The predicted molar refractivity (Wildman–Crippen MR) is 80.4 cm³/mol. The first-order valence-corrected chi connectivity index (χ1v) is 7.44. The van der Waals surface area contributed by atoms with Gasteiger partial charge in [0.1, 0.15) is 0 Å². The molecule has 0 saturated carbocycles. The molecule has 0 radical (unpaired) electrons. The van der Waals surface area contributed by atoms with Crippen LogP contribution in [0.1, 0.15) is 18.4 Å². The minimum atomic E-state index is 0.644. The summed E-state index contributed by atoms with van der Waals surface area (Å²) in [5.41, 5.74) is 2.74. The van der Waals surface area contributed by atoms with Gasteiger partial charge in [-0.15, -0.1) is 0 Å². The Bertz CT molecular complexity index is 422. The molecule has 0 amide bonds. The molecule has 0 aromatic heterocycles. The topological polar surface area (TPSA) is 18.5 Å². The van der Waals surface area contributed by atoms with E-state index < -0.39 is 0 Å². The van der Waals surface area contributed by atoms with Crippen molar-refractivity contribution in [1.29, 1.82) is 0 Å². The molecule has 3 heterocycles. The van der Waals surface area contributed by atoms with E-state index in [1.165, 1.54) is 43.7 Å². The van der Waals surface area contributed by atoms with E-state index in [9.17, 15) is 0 Å². The summed E-state index contributed by atoms with van der Waals surface area (Å²) < 4.78 is 0. The van der Waals surface area contributed by atoms with E-state index in [4.69, 9.17) is 0 Å². The van der Waals surface area contributed by atoms with Crippen LogP contribution in [0, 0.1) is 5.92 Å². The summed E-state index contributed by atoms with van der Waals surface area (Å²) in [5, 5.41) is 3.82. The number of para-hydroxylation sites is 1. The van der Waals surface area contributed by atoms with Crippen molar-refractivity contribution in [2.45, 2.75) is 25.4 Å². The molecule has 2 bridgehead atoms. The Labute approximate surface area is 116 Å². The molecule has 1 atom stereocenters. The maximum atomic E-state index is 3.82. The quantitative estimate of drug-likeness (QED) is 0.895. The highest BCUT2D eigenvalue weighted by Gasteiger charge is 2.34. The van der Waals surface area contributed by atoms with Gasteiger partial charge in [-0.3, -0.25) is 0 Å². The molecule has 3 aliphatic rings. The van der Waals surface area contributed by atoms with E-state index >= 15 is 0 Å². The maximum Gasteiger partial charge on any atom is 0.0417 e. The lowest BCUT2D eigenvalue weighted by molar-refractivity contribution is 0.0975. The van der Waals surface area contributed by atoms with Crippen molar-refractivity contribution in [3.63, 3.8) is 0 Å². The van der Waals surface area contributed by atoms with Crippen LogP contribution in [-0.2, 0) is 6.54 Å². The van der Waals surface area contributed by atoms with Crippen molar-refractivity contribution < 1.29 is 0 Å². The highest BCUT2D eigenvalue weighted by molar-refractivity contribution is 5.52. The van der Waals surface area contributed by atoms with Crippen LogP contribution in [0.25, 0.3) is 0 Å². The van der Waals surface area contributed by atoms with Gasteiger partial charge in [0.2, 0.25) is 0 Å². The van der Waals surface area contributed by atoms with E-state index in [-0.39, 0.29) is 0 Å². The van der Waals surface area contributed by atoms with E-state index in [0.29, 0.717) is 6.04 Å². The van der Waals surface area contributed by atoms with Gasteiger partial charge in [-0.2, -0.15) is 0 Å². The number of hydrogen-bond acceptors (Lipinski definition) is 3. The number of benzene rings is 1. The van der Waals surface area contributed by atoms with Crippen molar-refractivity contribution in [2.75, 3.05) is 39.0 Å². The number of hydrogen-bond donors (Lipinski definition) is 1. The van der Waals surface area contributed by atoms with Gasteiger partial charge in [-0.25, -0.2) is 0 Å². The van der Waals surface area contributed by atoms with Gasteiger partial charge < -0.3 is 15.1 Å². The van der Waals surface area contributed by atoms with Crippen molar-refractivity contribution in [3.05, 3.63) is 29.8 Å². The molecule has 3 fully saturated rings. The minimum Gasteiger partial charge on any atom is -0.380 e. The fourth-order valence-electron chi connectivity index (χ4n) is 3.47. The highest BCUT2D eigenvalue weighted by Crippen LogP contribution is 2.30. The zero-order valence-corrected chi connectivity index (χ0v) is 12.1. The van der Waals surface area contributed by atoms with Gasteiger partial charge in [0.25, 0.3) is 0 Å². The van der Waals surface area contributed by atoms with Gasteiger partial charge in [0.05, 0.1) is 0 Å². The van der Waals surface area contributed by atoms with Crippen LogP contribution in [0.4, 0.5) is 5.69 Å². The first kappa shape index (κ1) is 12.9. The summed E-state index contributed by atoms with van der Waals surface area (Å²) in [5.74, 6) is 0.873. The minimum absolute atomic E-state index is 0.644. The second kappa shape index (κ2) is 5.51. The Hall–Kier alpha value is -1.06. The summed E-state index contributed by atoms with van der Waals surface area (Å²) >= 11 is 0. The summed E-state index contributed by atoms with van der Waals surface area (Å²) in [7, 11) is 4.26. The van der Waals surface area contributed by atoms with Crippen LogP contribution in [-0.4, -0.2) is 49.6 Å². The predicted octanol–water partition coefficient (Wildman–Crippen LogP) is 2.25. The number of fused-ring (bicyclic) bond motifs is 3. The molecule has 0 spiro atoms. The Morgan fingerprint density at radius 2 is 1.95 bits per heavy atom. The molecule has 0 aliphatic carbocycles. The van der Waals surface area contributed by atoms with Crippen LogP contribution in [0.5, 0.6) is 0 Å². The molecular formula is C16H25N3. The molecule has 3 saturated heterocycles. The third-order valence-corrected chi connectivity index (χ3v) is 4.50. The molecular weight excluding hydrogens is 234 g/mol. The number of piperidine rings is 3. The molecule has 19 heavy (non-hydrogen) atoms. The van der Waals surface area contributed by atoms with Gasteiger partial charge in [-0.05, 0) is 57.6 Å². The Balaban J connectivity index is 1.72. The average Bonchev–Trinajstić information content (AvgIpc) is 2.42. The summed E-state index contributed by atoms with van der Waals surface area (Å²) in [6.07, 6.45) is 2.74. The molecule has 1 aromatic carbocycles. The fourth-order valence-corrected chi connectivity index (χ4v) is 3.47. The lowest BCUT2D eigenvalue weighted by Crippen LogP contribution is -2.53. The van der Waals surface area contributed by atoms with E-state index in [1.807, 2.05) is 0 Å². The Morgan fingerprint density at radius 1 is 1.21 bits per heavy atom. The van der Waals surface area contributed by atoms with Crippen molar-refractivity contribution in [3.8, 4) is 0 Å². The molecule has 3 aliphatic heterocycles. The fraction of sp³-hybridized carbons (Fsp3) is 0.625. The van der Waals surface area contributed by atoms with Crippen LogP contribution in [0.15, 0.2) is 24.3 Å². The van der Waals surface area contributed by atoms with Gasteiger partial charge in [-0.1, -0.05) is 18.2 Å². The summed E-state index contributed by atoms with van der Waals surface area (Å²) in [6.45, 7) is 4.84. The highest BCUT2D eigenvalue weighted by atomic mass is 15.2. The molecule has 3 nitrogen and oxygen atoms in total. The first-order valence-electron chi connectivity index (χ1n) is 7.44. The van der Waals surface area contributed by atoms with Gasteiger partial charge in [0, 0.05) is 24.8 Å². The number of anilines is 1. The third kappa shape index (κ3) is 2.93. The largest absolute Gasteiger partial charge is 0.380 e. The second-order valence-corrected chi connectivity index (χ2v) is 6.28. The number of nitrogens with zero attached hydrogens (tertiary/aromatic N) is 2. The number of nitrogens with one attached hydrogen (secondary N) is 1. The molecule has 4 rings (SSSR count). The standard InChI is InChI=1S/C16H25N3/c1-18(2)11-14-5-3-4-6-15(14)17-16-12-19-9-7-13(16)8-10-19/h3-6,13,16-17H,7-12H2,1-2H3. The van der Waals surface area contributed by atoms with Crippen LogP contribution >= 0.6 is 0 Å².